The zero-order chi connectivity index (χ0) is 34.1. The predicted molar refractivity (Wildman–Crippen MR) is 163 cm³/mol. The van der Waals surface area contributed by atoms with Crippen LogP contribution in [0.1, 0.15) is 42.4 Å². The monoisotopic (exact) mass is 683 g/mol. The van der Waals surface area contributed by atoms with Gasteiger partial charge < -0.3 is 30.2 Å². The summed E-state index contributed by atoms with van der Waals surface area (Å²) in [6.07, 6.45) is -6.61. The molecule has 0 radical (unpaired) electrons. The van der Waals surface area contributed by atoms with E-state index in [4.69, 9.17) is 17.0 Å². The van der Waals surface area contributed by atoms with Crippen molar-refractivity contribution in [2.75, 3.05) is 25.5 Å². The first-order chi connectivity index (χ1) is 22.2. The van der Waals surface area contributed by atoms with Crippen molar-refractivity contribution in [1.29, 1.82) is 0 Å². The summed E-state index contributed by atoms with van der Waals surface area (Å²) in [5, 5.41) is 5.54. The van der Waals surface area contributed by atoms with Crippen LogP contribution in [0.5, 0.6) is 0 Å². The summed E-state index contributed by atoms with van der Waals surface area (Å²) in [6.45, 7) is 0.528. The molecule has 0 aliphatic carbocycles. The van der Waals surface area contributed by atoms with Gasteiger partial charge in [-0.05, 0) is 67.7 Å². The number of aromatic amines is 1. The van der Waals surface area contributed by atoms with E-state index in [0.717, 1.165) is 10.9 Å². The van der Waals surface area contributed by atoms with Crippen molar-refractivity contribution in [3.63, 3.8) is 0 Å². The van der Waals surface area contributed by atoms with Crippen LogP contribution < -0.4 is 10.6 Å². The van der Waals surface area contributed by atoms with Gasteiger partial charge in [0.05, 0.1) is 18.2 Å². The number of amides is 2. The van der Waals surface area contributed by atoms with E-state index in [0.29, 0.717) is 49.9 Å². The van der Waals surface area contributed by atoms with Crippen LogP contribution in [-0.4, -0.2) is 76.0 Å². The number of halogens is 6. The van der Waals surface area contributed by atoms with Crippen LogP contribution in [0.4, 0.5) is 32.0 Å². The number of ether oxygens (including phenoxy) is 1. The summed E-state index contributed by atoms with van der Waals surface area (Å²) in [6, 6.07) is 5.40. The van der Waals surface area contributed by atoms with Crippen LogP contribution >= 0.6 is 12.2 Å². The van der Waals surface area contributed by atoms with Crippen LogP contribution in [-0.2, 0) is 37.9 Å². The molecule has 2 aliphatic heterocycles. The lowest BCUT2D eigenvalue weighted by Gasteiger charge is -2.33. The van der Waals surface area contributed by atoms with Crippen LogP contribution in [0.25, 0.3) is 10.9 Å². The summed E-state index contributed by atoms with van der Waals surface area (Å²) >= 11 is 5.31. The lowest BCUT2D eigenvalue weighted by Crippen LogP contribution is -2.56. The predicted octanol–water partition coefficient (Wildman–Crippen LogP) is 5.26. The Bertz CT molecular complexity index is 1640. The quantitative estimate of drug-likeness (QED) is 0.177. The Hall–Kier alpha value is -4.34. The van der Waals surface area contributed by atoms with E-state index < -0.39 is 70.2 Å². The van der Waals surface area contributed by atoms with Gasteiger partial charge in [-0.3, -0.25) is 9.59 Å². The molecule has 2 amide bonds. The van der Waals surface area contributed by atoms with Crippen molar-refractivity contribution in [3.05, 3.63) is 65.4 Å². The van der Waals surface area contributed by atoms with E-state index in [1.807, 2.05) is 18.2 Å². The van der Waals surface area contributed by atoms with Gasteiger partial charge in [0.25, 0.3) is 0 Å². The maximum atomic E-state index is 14.2. The fourth-order valence-electron chi connectivity index (χ4n) is 6.16. The number of hydrogen-bond acceptors (Lipinski definition) is 5. The molecule has 2 aliphatic rings. The highest BCUT2D eigenvalue weighted by atomic mass is 32.1. The summed E-state index contributed by atoms with van der Waals surface area (Å²) in [5.74, 6) is -1.51. The van der Waals surface area contributed by atoms with E-state index >= 15 is 0 Å². The zero-order valence-corrected chi connectivity index (χ0v) is 25.8. The summed E-state index contributed by atoms with van der Waals surface area (Å²) < 4.78 is 85.6. The van der Waals surface area contributed by atoms with Crippen LogP contribution in [0.2, 0.25) is 0 Å². The van der Waals surface area contributed by atoms with Gasteiger partial charge >= 0.3 is 18.3 Å². The number of fused-ring (bicyclic) bond motifs is 1. The molecule has 0 spiro atoms. The molecule has 3 heterocycles. The molecule has 47 heavy (non-hydrogen) atoms. The molecule has 16 heteroatoms. The third-order valence-electron chi connectivity index (χ3n) is 8.38. The van der Waals surface area contributed by atoms with Crippen molar-refractivity contribution in [1.82, 2.24) is 20.1 Å². The van der Waals surface area contributed by atoms with Crippen molar-refractivity contribution in [2.45, 2.75) is 62.6 Å². The molecule has 3 atom stereocenters. The molecule has 5 rings (SSSR count). The maximum absolute atomic E-state index is 14.2. The van der Waals surface area contributed by atoms with Crippen molar-refractivity contribution in [2.24, 2.45) is 0 Å². The van der Waals surface area contributed by atoms with Crippen molar-refractivity contribution < 1.29 is 45.5 Å². The highest BCUT2D eigenvalue weighted by Crippen LogP contribution is 2.37. The number of hydrogen-bond donors (Lipinski definition) is 3. The fraction of sp³-hybridized carbons (Fsp3) is 0.419. The number of aromatic nitrogens is 1. The number of carbonyl (C=O) groups excluding carboxylic acids is 3. The first-order valence-electron chi connectivity index (χ1n) is 14.8. The number of nitrogens with one attached hydrogen (secondary N) is 3. The van der Waals surface area contributed by atoms with Gasteiger partial charge in [0.15, 0.2) is 5.11 Å². The number of thiocarbonyl (C=S) groups is 1. The molecule has 2 saturated heterocycles. The smallest absolute Gasteiger partial charge is 0.416 e. The second-order valence-electron chi connectivity index (χ2n) is 11.4. The normalized spacial score (nSPS) is 19.1. The van der Waals surface area contributed by atoms with E-state index in [1.165, 1.54) is 16.9 Å². The Morgan fingerprint density at radius 2 is 1.57 bits per heavy atom. The Morgan fingerprint density at radius 1 is 0.957 bits per heavy atom. The third-order valence-corrected chi connectivity index (χ3v) is 8.60. The van der Waals surface area contributed by atoms with E-state index in [9.17, 15) is 40.7 Å². The molecule has 3 N–H and O–H groups in total. The molecule has 0 bridgehead atoms. The molecule has 2 fully saturated rings. The summed E-state index contributed by atoms with van der Waals surface area (Å²) in [4.78, 5) is 46.1. The number of esters is 1. The summed E-state index contributed by atoms with van der Waals surface area (Å²) in [7, 11) is 1.23. The minimum Gasteiger partial charge on any atom is -0.467 e. The molecule has 3 aromatic rings. The molecular weight excluding hydrogens is 652 g/mol. The lowest BCUT2D eigenvalue weighted by atomic mass is 10.0. The van der Waals surface area contributed by atoms with Crippen LogP contribution in [0, 0.1) is 0 Å². The number of likely N-dealkylation sites (tertiary alicyclic amines) is 2. The van der Waals surface area contributed by atoms with Crippen molar-refractivity contribution >= 4 is 51.7 Å². The number of carbonyl (C=O) groups is 3. The number of nitrogens with zero attached hydrogens (tertiary/aromatic N) is 2. The van der Waals surface area contributed by atoms with E-state index in [-0.39, 0.29) is 19.0 Å². The van der Waals surface area contributed by atoms with Gasteiger partial charge in [-0.15, -0.1) is 0 Å². The number of alkyl halides is 6. The Balaban J connectivity index is 1.42. The molecule has 0 unspecified atom stereocenters. The van der Waals surface area contributed by atoms with Gasteiger partial charge in [-0.1, -0.05) is 18.2 Å². The third kappa shape index (κ3) is 7.47. The van der Waals surface area contributed by atoms with Gasteiger partial charge in [0.1, 0.15) is 18.1 Å². The molecular formula is C31H31F6N5O4S. The average Bonchev–Trinajstić information content (AvgIpc) is 3.79. The standard InChI is InChI=1S/C31H31F6N5O4S/c1-46-28(45)25-9-5-11-42(25)27(44)24-8-4-10-41(24)26(43)23(12-17-16-38-22-7-3-2-6-21(17)22)40-29(47)39-20-14-18(30(32,33)34)13-19(15-20)31(35,36)37/h2-3,6-7,13-16,23-25,38H,4-5,8-12H2,1H3,(H2,39,40,47)/t23-,24-,25-/m1/s1. The number of H-pyrrole nitrogens is 1. The Morgan fingerprint density at radius 3 is 2.21 bits per heavy atom. The number of methoxy groups -OCH3 is 1. The number of anilines is 1. The highest BCUT2D eigenvalue weighted by Gasteiger charge is 2.44. The number of rotatable bonds is 7. The Labute approximate surface area is 270 Å². The zero-order valence-electron chi connectivity index (χ0n) is 25.0. The first kappa shape index (κ1) is 34.0. The first-order valence-corrected chi connectivity index (χ1v) is 15.2. The largest absolute Gasteiger partial charge is 0.467 e. The second-order valence-corrected chi connectivity index (χ2v) is 11.8. The maximum Gasteiger partial charge on any atom is 0.416 e. The SMILES string of the molecule is COC(=O)[C@H]1CCCN1C(=O)[C@H]1CCCN1C(=O)[C@@H](Cc1c[nH]c2ccccc12)NC(=S)Nc1cc(C(F)(F)F)cc(C(F)(F)F)c1. The van der Waals surface area contributed by atoms with E-state index in [1.54, 1.807) is 12.3 Å². The highest BCUT2D eigenvalue weighted by molar-refractivity contribution is 7.80. The molecule has 252 valence electrons. The minimum atomic E-state index is -5.07. The van der Waals surface area contributed by atoms with Crippen LogP contribution in [0.3, 0.4) is 0 Å². The minimum absolute atomic E-state index is 0.000647. The van der Waals surface area contributed by atoms with Gasteiger partial charge in [0, 0.05) is 42.3 Å². The number of benzene rings is 2. The molecule has 2 aromatic carbocycles. The van der Waals surface area contributed by atoms with Gasteiger partial charge in [-0.25, -0.2) is 4.79 Å². The van der Waals surface area contributed by atoms with Gasteiger partial charge in [0.2, 0.25) is 11.8 Å². The van der Waals surface area contributed by atoms with Gasteiger partial charge in [-0.2, -0.15) is 26.3 Å². The summed E-state index contributed by atoms with van der Waals surface area (Å²) in [5.41, 5.74) is -2.19. The topological polar surface area (TPSA) is 107 Å². The van der Waals surface area contributed by atoms with Crippen molar-refractivity contribution in [3.8, 4) is 0 Å². The fourth-order valence-corrected chi connectivity index (χ4v) is 6.42. The lowest BCUT2D eigenvalue weighted by molar-refractivity contribution is -0.154. The molecule has 1 aromatic heterocycles. The average molecular weight is 684 g/mol. The Kier molecular flexibility index (Phi) is 9.70. The van der Waals surface area contributed by atoms with Crippen LogP contribution in [0.15, 0.2) is 48.7 Å². The van der Waals surface area contributed by atoms with E-state index in [2.05, 4.69) is 15.6 Å². The molecule has 0 saturated carbocycles. The number of para-hydroxylation sites is 1. The second kappa shape index (κ2) is 13.4. The molecule has 9 nitrogen and oxygen atoms in total.